The predicted octanol–water partition coefficient (Wildman–Crippen LogP) is 6.62. The van der Waals surface area contributed by atoms with Crippen molar-refractivity contribution in [1.82, 2.24) is 0 Å². The van der Waals surface area contributed by atoms with Gasteiger partial charge in [-0.1, -0.05) is 57.4 Å². The van der Waals surface area contributed by atoms with Crippen LogP contribution in [-0.4, -0.2) is 11.2 Å². The van der Waals surface area contributed by atoms with Crippen LogP contribution in [0.25, 0.3) is 0 Å². The van der Waals surface area contributed by atoms with E-state index in [4.69, 9.17) is 9.78 Å². The van der Waals surface area contributed by atoms with Gasteiger partial charge < -0.3 is 0 Å². The molecule has 2 nitrogen and oxygen atoms in total. The minimum atomic E-state index is -0.180. The van der Waals surface area contributed by atoms with Crippen molar-refractivity contribution in [2.75, 3.05) is 0 Å². The molecule has 0 aromatic rings. The molecule has 2 bridgehead atoms. The van der Waals surface area contributed by atoms with Crippen LogP contribution in [0.5, 0.6) is 0 Å². The lowest BCUT2D eigenvalue weighted by atomic mass is 9.43. The van der Waals surface area contributed by atoms with Crippen molar-refractivity contribution in [3.05, 3.63) is 23.8 Å². The van der Waals surface area contributed by atoms with Gasteiger partial charge in [-0.3, -0.25) is 0 Å². The first kappa shape index (κ1) is 18.4. The van der Waals surface area contributed by atoms with Gasteiger partial charge in [-0.15, -0.1) is 0 Å². The Bertz CT molecular complexity index is 690. The molecule has 1 saturated heterocycles. The highest BCUT2D eigenvalue weighted by molar-refractivity contribution is 5.33. The lowest BCUT2D eigenvalue weighted by Gasteiger charge is -2.69. The molecule has 0 radical (unpaired) electrons. The molecule has 27 heavy (non-hydrogen) atoms. The predicted molar refractivity (Wildman–Crippen MR) is 109 cm³/mol. The summed E-state index contributed by atoms with van der Waals surface area (Å²) >= 11 is 0. The molecule has 0 N–H and O–H groups in total. The molecule has 0 unspecified atom stereocenters. The van der Waals surface area contributed by atoms with Crippen molar-refractivity contribution < 1.29 is 9.78 Å². The number of allylic oxidation sites excluding steroid dienone is 2. The summed E-state index contributed by atoms with van der Waals surface area (Å²) in [5.41, 5.74) is 1.73. The third kappa shape index (κ3) is 2.15. The Kier molecular flexibility index (Phi) is 3.91. The largest absolute Gasteiger partial charge is 0.224 e. The zero-order valence-electron chi connectivity index (χ0n) is 18.0. The van der Waals surface area contributed by atoms with E-state index in [1.54, 1.807) is 0 Å². The molecule has 0 amide bonds. The van der Waals surface area contributed by atoms with Gasteiger partial charge in [0.25, 0.3) is 0 Å². The first-order chi connectivity index (χ1) is 12.8. The van der Waals surface area contributed by atoms with Crippen molar-refractivity contribution in [2.24, 2.45) is 34.5 Å². The molecule has 6 rings (SSSR count). The van der Waals surface area contributed by atoms with Crippen LogP contribution in [0.1, 0.15) is 86.0 Å². The van der Waals surface area contributed by atoms with Crippen molar-refractivity contribution >= 4 is 0 Å². The number of fused-ring (bicyclic) bond motifs is 2. The topological polar surface area (TPSA) is 18.5 Å². The van der Waals surface area contributed by atoms with Gasteiger partial charge in [0.1, 0.15) is 11.2 Å². The smallest absolute Gasteiger partial charge is 0.128 e. The fraction of sp³-hybridized carbons (Fsp3) is 0.840. The van der Waals surface area contributed by atoms with Gasteiger partial charge in [-0.25, -0.2) is 9.78 Å². The molecule has 2 heteroatoms. The monoisotopic (exact) mass is 370 g/mol. The van der Waals surface area contributed by atoms with Crippen LogP contribution in [0.3, 0.4) is 0 Å². The molecule has 2 aliphatic heterocycles. The first-order valence-electron chi connectivity index (χ1n) is 11.5. The van der Waals surface area contributed by atoms with Gasteiger partial charge in [0.2, 0.25) is 0 Å². The Morgan fingerprint density at radius 1 is 0.963 bits per heavy atom. The first-order valence-corrected chi connectivity index (χ1v) is 11.5. The molecule has 6 aliphatic rings. The Hall–Kier alpha value is -0.600. The highest BCUT2D eigenvalue weighted by Crippen LogP contribution is 2.72. The van der Waals surface area contributed by atoms with Crippen molar-refractivity contribution in [3.8, 4) is 0 Å². The Morgan fingerprint density at radius 3 is 2.44 bits per heavy atom. The Labute approximate surface area is 165 Å². The van der Waals surface area contributed by atoms with Crippen LogP contribution in [0.4, 0.5) is 0 Å². The average Bonchev–Trinajstić information content (AvgIpc) is 2.98. The van der Waals surface area contributed by atoms with E-state index in [1.165, 1.54) is 50.5 Å². The molecular formula is C25H38O2. The third-order valence-corrected chi connectivity index (χ3v) is 9.88. The van der Waals surface area contributed by atoms with E-state index >= 15 is 0 Å². The van der Waals surface area contributed by atoms with E-state index in [2.05, 4.69) is 52.8 Å². The van der Waals surface area contributed by atoms with E-state index in [-0.39, 0.29) is 16.6 Å². The van der Waals surface area contributed by atoms with E-state index in [9.17, 15) is 0 Å². The van der Waals surface area contributed by atoms with Gasteiger partial charge in [0, 0.05) is 17.3 Å². The maximum Gasteiger partial charge on any atom is 0.128 e. The highest BCUT2D eigenvalue weighted by atomic mass is 17.2. The molecule has 2 heterocycles. The quantitative estimate of drug-likeness (QED) is 0.401. The van der Waals surface area contributed by atoms with Crippen molar-refractivity contribution in [1.29, 1.82) is 0 Å². The number of hydrogen-bond donors (Lipinski definition) is 0. The fourth-order valence-electron chi connectivity index (χ4n) is 8.68. The van der Waals surface area contributed by atoms with Gasteiger partial charge >= 0.3 is 0 Å². The minimum Gasteiger partial charge on any atom is -0.224 e. The molecule has 0 aromatic carbocycles. The fourth-order valence-corrected chi connectivity index (χ4v) is 8.68. The van der Waals surface area contributed by atoms with E-state index in [0.29, 0.717) is 23.2 Å². The molecule has 150 valence electrons. The third-order valence-electron chi connectivity index (χ3n) is 9.88. The second-order valence-electron chi connectivity index (χ2n) is 11.3. The van der Waals surface area contributed by atoms with Crippen LogP contribution in [0.2, 0.25) is 0 Å². The summed E-state index contributed by atoms with van der Waals surface area (Å²) in [7, 11) is 0. The van der Waals surface area contributed by atoms with Crippen LogP contribution in [0.15, 0.2) is 23.8 Å². The maximum atomic E-state index is 6.48. The van der Waals surface area contributed by atoms with Gasteiger partial charge in [0.15, 0.2) is 0 Å². The van der Waals surface area contributed by atoms with Crippen LogP contribution in [-0.2, 0) is 9.78 Å². The lowest BCUT2D eigenvalue weighted by molar-refractivity contribution is -0.495. The van der Waals surface area contributed by atoms with Crippen molar-refractivity contribution in [2.45, 2.75) is 97.2 Å². The van der Waals surface area contributed by atoms with E-state index in [1.807, 2.05) is 0 Å². The molecule has 3 saturated carbocycles. The van der Waals surface area contributed by atoms with E-state index < -0.39 is 0 Å². The normalized spacial score (nSPS) is 54.0. The summed E-state index contributed by atoms with van der Waals surface area (Å²) in [6.45, 7) is 12.0. The average molecular weight is 371 g/mol. The minimum absolute atomic E-state index is 0.154. The van der Waals surface area contributed by atoms with E-state index in [0.717, 1.165) is 12.3 Å². The summed E-state index contributed by atoms with van der Waals surface area (Å²) in [6, 6.07) is 0. The highest BCUT2D eigenvalue weighted by Gasteiger charge is 2.73. The zero-order chi connectivity index (χ0) is 19.1. The van der Waals surface area contributed by atoms with Gasteiger partial charge in [-0.2, -0.15) is 0 Å². The van der Waals surface area contributed by atoms with Crippen LogP contribution >= 0.6 is 0 Å². The van der Waals surface area contributed by atoms with Gasteiger partial charge in [0.05, 0.1) is 0 Å². The summed E-state index contributed by atoms with van der Waals surface area (Å²) in [6.07, 6.45) is 17.8. The van der Waals surface area contributed by atoms with Gasteiger partial charge in [-0.05, 0) is 69.6 Å². The van der Waals surface area contributed by atoms with Crippen molar-refractivity contribution in [3.63, 3.8) is 0 Å². The molecule has 2 spiro atoms. The summed E-state index contributed by atoms with van der Waals surface area (Å²) in [5.74, 6) is 2.63. The Balaban J connectivity index is 1.55. The summed E-state index contributed by atoms with van der Waals surface area (Å²) < 4.78 is 0. The number of rotatable bonds is 2. The molecule has 0 aromatic heterocycles. The second-order valence-corrected chi connectivity index (χ2v) is 11.3. The SMILES string of the molecule is CC(C)=C[C@@H](C)[C@H]1CC[C@@H]2[C@]1(C)CC[C@H]1[C@]23C=C[C@]2(CCCC[C@]12C)OO3. The summed E-state index contributed by atoms with van der Waals surface area (Å²) in [4.78, 5) is 12.8. The number of hydrogen-bond acceptors (Lipinski definition) is 2. The summed E-state index contributed by atoms with van der Waals surface area (Å²) in [5, 5.41) is 0. The van der Waals surface area contributed by atoms with Crippen LogP contribution < -0.4 is 0 Å². The zero-order valence-corrected chi connectivity index (χ0v) is 18.0. The maximum absolute atomic E-state index is 6.48. The Morgan fingerprint density at radius 2 is 1.74 bits per heavy atom. The molecule has 8 atom stereocenters. The molecular weight excluding hydrogens is 332 g/mol. The standard InChI is InChI=1S/C25H38O2/c1-17(2)16-18(3)19-8-9-20-22(19,4)13-10-21-23(5)11-6-7-12-24(23)14-15-25(20,21)27-26-24/h14-16,18-21H,6-13H2,1-5H3/t18-,19-,20-,21-,22-,23-,24+,25+/m1/s1. The molecule has 4 fully saturated rings. The lowest BCUT2D eigenvalue weighted by Crippen LogP contribution is -2.72. The molecule has 4 aliphatic carbocycles. The van der Waals surface area contributed by atoms with Crippen LogP contribution in [0, 0.1) is 34.5 Å². The second kappa shape index (κ2) is 5.72.